The molecule has 0 aromatic carbocycles. The van der Waals surface area contributed by atoms with Crippen molar-refractivity contribution in [2.75, 3.05) is 0 Å². The predicted octanol–water partition coefficient (Wildman–Crippen LogP) is 1.85. The van der Waals surface area contributed by atoms with E-state index in [-0.39, 0.29) is 18.5 Å². The van der Waals surface area contributed by atoms with E-state index >= 15 is 0 Å². The fourth-order valence-electron chi connectivity index (χ4n) is 1.11. The summed E-state index contributed by atoms with van der Waals surface area (Å²) in [5.41, 5.74) is 5.71. The highest BCUT2D eigenvalue weighted by Gasteiger charge is 2.14. The summed E-state index contributed by atoms with van der Waals surface area (Å²) in [7, 11) is 0. The number of pyridine rings is 1. The van der Waals surface area contributed by atoms with E-state index in [1.54, 1.807) is 0 Å². The highest BCUT2D eigenvalue weighted by molar-refractivity contribution is 9.10. The Morgan fingerprint density at radius 2 is 2.40 bits per heavy atom. The number of nitrogens with two attached hydrogens (primary N) is 1. The van der Waals surface area contributed by atoms with Crippen molar-refractivity contribution in [2.24, 2.45) is 5.73 Å². The van der Waals surface area contributed by atoms with Crippen LogP contribution in [0.4, 0.5) is 4.39 Å². The van der Waals surface area contributed by atoms with Crippen LogP contribution in [0.25, 0.3) is 0 Å². The maximum atomic E-state index is 13.3. The van der Waals surface area contributed by atoms with Crippen LogP contribution in [0.3, 0.4) is 0 Å². The molecule has 0 radical (unpaired) electrons. The molecule has 0 fully saturated rings. The highest BCUT2D eigenvalue weighted by Crippen LogP contribution is 2.19. The van der Waals surface area contributed by atoms with Gasteiger partial charge in [-0.3, -0.25) is 9.78 Å². The SMILES string of the molecule is NC(CCC(=O)O)c1ncc(Br)cc1F. The van der Waals surface area contributed by atoms with Crippen molar-refractivity contribution in [3.05, 3.63) is 28.2 Å². The number of carbonyl (C=O) groups is 1. The summed E-state index contributed by atoms with van der Waals surface area (Å²) in [6.45, 7) is 0. The van der Waals surface area contributed by atoms with E-state index in [9.17, 15) is 9.18 Å². The molecule has 6 heteroatoms. The van der Waals surface area contributed by atoms with Gasteiger partial charge in [0.25, 0.3) is 0 Å². The minimum Gasteiger partial charge on any atom is -0.481 e. The Labute approximate surface area is 94.4 Å². The van der Waals surface area contributed by atoms with Crippen molar-refractivity contribution in [2.45, 2.75) is 18.9 Å². The monoisotopic (exact) mass is 276 g/mol. The molecule has 0 aliphatic carbocycles. The Hall–Kier alpha value is -1.01. The zero-order valence-electron chi connectivity index (χ0n) is 7.78. The molecule has 0 amide bonds. The fraction of sp³-hybridized carbons (Fsp3) is 0.333. The summed E-state index contributed by atoms with van der Waals surface area (Å²) in [6.07, 6.45) is 1.50. The van der Waals surface area contributed by atoms with Crippen molar-refractivity contribution in [1.82, 2.24) is 4.98 Å². The van der Waals surface area contributed by atoms with Gasteiger partial charge in [0, 0.05) is 17.1 Å². The largest absolute Gasteiger partial charge is 0.481 e. The van der Waals surface area contributed by atoms with Gasteiger partial charge in [-0.1, -0.05) is 0 Å². The van der Waals surface area contributed by atoms with E-state index in [4.69, 9.17) is 10.8 Å². The van der Waals surface area contributed by atoms with Gasteiger partial charge < -0.3 is 10.8 Å². The van der Waals surface area contributed by atoms with E-state index in [1.807, 2.05) is 0 Å². The van der Waals surface area contributed by atoms with Crippen molar-refractivity contribution in [3.8, 4) is 0 Å². The molecule has 1 aromatic heterocycles. The number of rotatable bonds is 4. The Bertz CT molecular complexity index is 373. The highest BCUT2D eigenvalue weighted by atomic mass is 79.9. The van der Waals surface area contributed by atoms with E-state index in [0.717, 1.165) is 0 Å². The zero-order valence-corrected chi connectivity index (χ0v) is 9.37. The molecular formula is C9H10BrFN2O2. The Morgan fingerprint density at radius 3 is 2.93 bits per heavy atom. The summed E-state index contributed by atoms with van der Waals surface area (Å²) in [5, 5.41) is 8.45. The molecule has 0 saturated heterocycles. The topological polar surface area (TPSA) is 76.2 Å². The number of aromatic nitrogens is 1. The van der Waals surface area contributed by atoms with Gasteiger partial charge in [0.05, 0.1) is 11.7 Å². The van der Waals surface area contributed by atoms with Crippen molar-refractivity contribution < 1.29 is 14.3 Å². The lowest BCUT2D eigenvalue weighted by Gasteiger charge is -2.10. The van der Waals surface area contributed by atoms with Gasteiger partial charge in [-0.25, -0.2) is 4.39 Å². The van der Waals surface area contributed by atoms with Crippen LogP contribution in [0.15, 0.2) is 16.7 Å². The normalized spacial score (nSPS) is 12.5. The lowest BCUT2D eigenvalue weighted by atomic mass is 10.1. The molecule has 1 unspecified atom stereocenters. The first-order valence-electron chi connectivity index (χ1n) is 4.29. The summed E-state index contributed by atoms with van der Waals surface area (Å²) in [4.78, 5) is 14.1. The number of carboxylic acid groups (broad SMARTS) is 1. The summed E-state index contributed by atoms with van der Waals surface area (Å²) >= 11 is 3.07. The number of carboxylic acids is 1. The molecule has 0 aliphatic heterocycles. The minimum atomic E-state index is -0.956. The molecule has 1 aromatic rings. The average molecular weight is 277 g/mol. The maximum absolute atomic E-state index is 13.3. The van der Waals surface area contributed by atoms with Gasteiger partial charge in [0.2, 0.25) is 0 Å². The molecule has 0 bridgehead atoms. The van der Waals surface area contributed by atoms with E-state index in [0.29, 0.717) is 4.47 Å². The van der Waals surface area contributed by atoms with Crippen LogP contribution in [0.2, 0.25) is 0 Å². The van der Waals surface area contributed by atoms with Crippen molar-refractivity contribution in [3.63, 3.8) is 0 Å². The van der Waals surface area contributed by atoms with E-state index in [2.05, 4.69) is 20.9 Å². The molecule has 0 spiro atoms. The third-order valence-electron chi connectivity index (χ3n) is 1.86. The van der Waals surface area contributed by atoms with Crippen molar-refractivity contribution >= 4 is 21.9 Å². The molecule has 1 rings (SSSR count). The lowest BCUT2D eigenvalue weighted by molar-refractivity contribution is -0.137. The van der Waals surface area contributed by atoms with Crippen LogP contribution >= 0.6 is 15.9 Å². The minimum absolute atomic E-state index is 0.0967. The molecule has 1 heterocycles. The first kappa shape index (κ1) is 12.1. The summed E-state index contributed by atoms with van der Waals surface area (Å²) in [6, 6.07) is 0.567. The van der Waals surface area contributed by atoms with Crippen LogP contribution < -0.4 is 5.73 Å². The standard InChI is InChI=1S/C9H10BrFN2O2/c10-5-3-6(11)9(13-4-5)7(12)1-2-8(14)15/h3-4,7H,1-2,12H2,(H,14,15). The molecule has 0 aliphatic rings. The van der Waals surface area contributed by atoms with Gasteiger partial charge in [-0.2, -0.15) is 0 Å². The second-order valence-corrected chi connectivity index (χ2v) is 3.98. The molecule has 3 N–H and O–H groups in total. The third-order valence-corrected chi connectivity index (χ3v) is 2.29. The van der Waals surface area contributed by atoms with Crippen LogP contribution in [-0.4, -0.2) is 16.1 Å². The van der Waals surface area contributed by atoms with Crippen LogP contribution in [0.1, 0.15) is 24.6 Å². The zero-order chi connectivity index (χ0) is 11.4. The second kappa shape index (κ2) is 5.18. The fourth-order valence-corrected chi connectivity index (χ4v) is 1.42. The Morgan fingerprint density at radius 1 is 1.73 bits per heavy atom. The maximum Gasteiger partial charge on any atom is 0.303 e. The Balaban J connectivity index is 2.73. The third kappa shape index (κ3) is 3.56. The lowest BCUT2D eigenvalue weighted by Crippen LogP contribution is -2.15. The van der Waals surface area contributed by atoms with Crippen LogP contribution in [0.5, 0.6) is 0 Å². The van der Waals surface area contributed by atoms with Gasteiger partial charge in [0.15, 0.2) is 0 Å². The molecule has 1 atom stereocenters. The number of hydrogen-bond acceptors (Lipinski definition) is 3. The van der Waals surface area contributed by atoms with E-state index in [1.165, 1.54) is 12.3 Å². The Kier molecular flexibility index (Phi) is 4.16. The molecule has 0 saturated carbocycles. The average Bonchev–Trinajstić information content (AvgIpc) is 2.14. The molecular weight excluding hydrogens is 267 g/mol. The first-order chi connectivity index (χ1) is 7.00. The number of halogens is 2. The summed E-state index contributed by atoms with van der Waals surface area (Å²) in [5.74, 6) is -1.48. The number of nitrogens with zero attached hydrogens (tertiary/aromatic N) is 1. The second-order valence-electron chi connectivity index (χ2n) is 3.06. The number of aliphatic carboxylic acids is 1. The van der Waals surface area contributed by atoms with Gasteiger partial charge in [-0.05, 0) is 28.4 Å². The molecule has 4 nitrogen and oxygen atoms in total. The van der Waals surface area contributed by atoms with Crippen LogP contribution in [-0.2, 0) is 4.79 Å². The van der Waals surface area contributed by atoms with Gasteiger partial charge in [0.1, 0.15) is 5.82 Å². The predicted molar refractivity (Wildman–Crippen MR) is 55.7 cm³/mol. The van der Waals surface area contributed by atoms with Gasteiger partial charge in [-0.15, -0.1) is 0 Å². The van der Waals surface area contributed by atoms with Gasteiger partial charge >= 0.3 is 5.97 Å². The quantitative estimate of drug-likeness (QED) is 0.880. The molecule has 82 valence electrons. The van der Waals surface area contributed by atoms with E-state index < -0.39 is 17.8 Å². The summed E-state index contributed by atoms with van der Waals surface area (Å²) < 4.78 is 13.8. The van der Waals surface area contributed by atoms with Crippen LogP contribution in [0, 0.1) is 5.82 Å². The smallest absolute Gasteiger partial charge is 0.303 e. The molecule has 15 heavy (non-hydrogen) atoms. The first-order valence-corrected chi connectivity index (χ1v) is 5.08. The number of hydrogen-bond donors (Lipinski definition) is 2. The van der Waals surface area contributed by atoms with Crippen molar-refractivity contribution in [1.29, 1.82) is 0 Å².